The van der Waals surface area contributed by atoms with Gasteiger partial charge in [-0.05, 0) is 67.4 Å². The molecule has 0 N–H and O–H groups in total. The monoisotopic (exact) mass is 482 g/mol. The van der Waals surface area contributed by atoms with Crippen molar-refractivity contribution in [3.63, 3.8) is 0 Å². The van der Waals surface area contributed by atoms with Gasteiger partial charge in [0.05, 0.1) is 22.4 Å². The molecule has 1 heterocycles. The van der Waals surface area contributed by atoms with Gasteiger partial charge in [0.2, 0.25) is 0 Å². The van der Waals surface area contributed by atoms with Crippen LogP contribution in [0.4, 0.5) is 0 Å². The Bertz CT molecular complexity index is 2040. The summed E-state index contributed by atoms with van der Waals surface area (Å²) in [6, 6.07) is 47.3. The van der Waals surface area contributed by atoms with E-state index in [1.807, 2.05) is 24.3 Å². The van der Waals surface area contributed by atoms with E-state index < -0.39 is 0 Å². The fourth-order valence-electron chi connectivity index (χ4n) is 5.72. The van der Waals surface area contributed by atoms with Crippen molar-refractivity contribution >= 4 is 54.1 Å². The first-order valence-electron chi connectivity index (χ1n) is 12.9. The van der Waals surface area contributed by atoms with Crippen molar-refractivity contribution in [1.29, 1.82) is 0 Å². The van der Waals surface area contributed by atoms with Gasteiger partial charge in [-0.15, -0.1) is 0 Å². The lowest BCUT2D eigenvalue weighted by molar-refractivity contribution is 1.30. The van der Waals surface area contributed by atoms with Crippen LogP contribution in [0.5, 0.6) is 0 Å². The van der Waals surface area contributed by atoms with Crippen LogP contribution in [-0.2, 0) is 0 Å². The highest BCUT2D eigenvalue weighted by molar-refractivity contribution is 6.10. The highest BCUT2D eigenvalue weighted by atomic mass is 14.8. The maximum atomic E-state index is 5.16. The van der Waals surface area contributed by atoms with E-state index in [9.17, 15) is 0 Å². The number of rotatable bonds is 2. The minimum absolute atomic E-state index is 0.900. The smallest absolute Gasteiger partial charge is 0.0973 e. The van der Waals surface area contributed by atoms with E-state index in [1.165, 1.54) is 43.1 Å². The van der Waals surface area contributed by atoms with Crippen molar-refractivity contribution < 1.29 is 0 Å². The first-order valence-corrected chi connectivity index (χ1v) is 12.9. The van der Waals surface area contributed by atoms with Gasteiger partial charge in [0.25, 0.3) is 0 Å². The Labute approximate surface area is 219 Å². The van der Waals surface area contributed by atoms with Crippen molar-refractivity contribution in [3.05, 3.63) is 133 Å². The summed E-state index contributed by atoms with van der Waals surface area (Å²) in [4.78, 5) is 10.3. The Hall–Kier alpha value is -5.08. The van der Waals surface area contributed by atoms with Gasteiger partial charge in [-0.2, -0.15) is 0 Å². The van der Waals surface area contributed by atoms with E-state index in [2.05, 4.69) is 109 Å². The fraction of sp³-hybridized carbons (Fsp3) is 0. The lowest BCUT2D eigenvalue weighted by atomic mass is 9.95. The molecule has 0 radical (unpaired) electrons. The summed E-state index contributed by atoms with van der Waals surface area (Å²) in [6.07, 6.45) is 0. The van der Waals surface area contributed by atoms with Crippen LogP contribution in [0.3, 0.4) is 0 Å². The zero-order chi connectivity index (χ0) is 25.1. The summed E-state index contributed by atoms with van der Waals surface area (Å²) in [5.41, 5.74) is 5.74. The van der Waals surface area contributed by atoms with Crippen LogP contribution in [0, 0.1) is 0 Å². The Balaban J connectivity index is 1.37. The number of aromatic nitrogens is 2. The molecule has 0 aliphatic rings. The molecule has 2 heteroatoms. The molecule has 0 aliphatic heterocycles. The summed E-state index contributed by atoms with van der Waals surface area (Å²) in [5.74, 6) is 0. The Kier molecular flexibility index (Phi) is 4.55. The van der Waals surface area contributed by atoms with E-state index in [4.69, 9.17) is 9.97 Å². The number of fused-ring (bicyclic) bond motifs is 7. The summed E-state index contributed by atoms with van der Waals surface area (Å²) in [7, 11) is 0. The minimum Gasteiger partial charge on any atom is -0.244 e. The average molecular weight is 483 g/mol. The van der Waals surface area contributed by atoms with Gasteiger partial charge in [-0.1, -0.05) is 109 Å². The predicted molar refractivity (Wildman–Crippen MR) is 160 cm³/mol. The topological polar surface area (TPSA) is 25.8 Å². The maximum Gasteiger partial charge on any atom is 0.0973 e. The molecular formula is C36H22N2. The summed E-state index contributed by atoms with van der Waals surface area (Å²) >= 11 is 0. The molecule has 8 aromatic rings. The lowest BCUT2D eigenvalue weighted by Crippen LogP contribution is -1.96. The molecular weight excluding hydrogens is 460 g/mol. The van der Waals surface area contributed by atoms with Gasteiger partial charge in [0, 0.05) is 11.1 Å². The number of benzene rings is 7. The van der Waals surface area contributed by atoms with Gasteiger partial charge in [-0.25, -0.2) is 9.97 Å². The molecule has 38 heavy (non-hydrogen) atoms. The second kappa shape index (κ2) is 8.22. The van der Waals surface area contributed by atoms with Crippen molar-refractivity contribution in [2.75, 3.05) is 0 Å². The molecule has 0 unspecified atom stereocenters. The molecule has 0 spiro atoms. The number of hydrogen-bond donors (Lipinski definition) is 0. The third kappa shape index (κ3) is 3.28. The lowest BCUT2D eigenvalue weighted by Gasteiger charge is -2.13. The zero-order valence-corrected chi connectivity index (χ0v) is 20.6. The number of hydrogen-bond acceptors (Lipinski definition) is 2. The maximum absolute atomic E-state index is 5.16. The standard InChI is InChI=1S/C36H22N2/c1-3-9-29-23(7-1)13-15-25-21-27(17-19-31(25)29)35-36(38-34-12-6-5-11-33(34)37-35)28-18-20-32-26(22-28)16-14-24-8-2-4-10-30(24)32/h1-22H. The summed E-state index contributed by atoms with van der Waals surface area (Å²) in [5, 5.41) is 9.94. The molecule has 8 rings (SSSR count). The molecule has 2 nitrogen and oxygen atoms in total. The van der Waals surface area contributed by atoms with Crippen LogP contribution < -0.4 is 0 Å². The predicted octanol–water partition coefficient (Wildman–Crippen LogP) is 9.58. The highest BCUT2D eigenvalue weighted by Gasteiger charge is 2.15. The normalized spacial score (nSPS) is 11.7. The van der Waals surface area contributed by atoms with Crippen molar-refractivity contribution in [1.82, 2.24) is 9.97 Å². The van der Waals surface area contributed by atoms with Crippen molar-refractivity contribution in [3.8, 4) is 22.5 Å². The molecule has 0 bridgehead atoms. The molecule has 0 amide bonds. The molecule has 0 fully saturated rings. The average Bonchev–Trinajstić information content (AvgIpc) is 2.99. The number of para-hydroxylation sites is 2. The van der Waals surface area contributed by atoms with E-state index in [0.29, 0.717) is 0 Å². The summed E-state index contributed by atoms with van der Waals surface area (Å²) < 4.78 is 0. The third-order valence-corrected chi connectivity index (χ3v) is 7.61. The molecule has 0 saturated carbocycles. The van der Waals surface area contributed by atoms with Crippen LogP contribution in [-0.4, -0.2) is 9.97 Å². The van der Waals surface area contributed by atoms with Crippen molar-refractivity contribution in [2.24, 2.45) is 0 Å². The second-order valence-corrected chi connectivity index (χ2v) is 9.85. The Morgan fingerprint density at radius 2 is 0.711 bits per heavy atom. The highest BCUT2D eigenvalue weighted by Crippen LogP contribution is 2.36. The molecule has 0 saturated heterocycles. The zero-order valence-electron chi connectivity index (χ0n) is 20.6. The molecule has 0 aliphatic carbocycles. The van der Waals surface area contributed by atoms with Gasteiger partial charge in [0.15, 0.2) is 0 Å². The Morgan fingerprint density at radius 3 is 1.21 bits per heavy atom. The molecule has 0 atom stereocenters. The van der Waals surface area contributed by atoms with Crippen LogP contribution >= 0.6 is 0 Å². The minimum atomic E-state index is 0.900. The van der Waals surface area contributed by atoms with Gasteiger partial charge < -0.3 is 0 Å². The molecule has 1 aromatic heterocycles. The first kappa shape index (κ1) is 21.0. The Morgan fingerprint density at radius 1 is 0.316 bits per heavy atom. The van der Waals surface area contributed by atoms with Crippen LogP contribution in [0.2, 0.25) is 0 Å². The largest absolute Gasteiger partial charge is 0.244 e. The third-order valence-electron chi connectivity index (χ3n) is 7.61. The first-order chi connectivity index (χ1) is 18.8. The fourth-order valence-corrected chi connectivity index (χ4v) is 5.72. The van der Waals surface area contributed by atoms with Gasteiger partial charge >= 0.3 is 0 Å². The molecule has 176 valence electrons. The van der Waals surface area contributed by atoms with Crippen LogP contribution in [0.15, 0.2) is 133 Å². The number of nitrogens with zero attached hydrogens (tertiary/aromatic N) is 2. The van der Waals surface area contributed by atoms with E-state index in [-0.39, 0.29) is 0 Å². The molecule has 7 aromatic carbocycles. The quantitative estimate of drug-likeness (QED) is 0.229. The van der Waals surface area contributed by atoms with Crippen molar-refractivity contribution in [2.45, 2.75) is 0 Å². The van der Waals surface area contributed by atoms with E-state index in [1.54, 1.807) is 0 Å². The summed E-state index contributed by atoms with van der Waals surface area (Å²) in [6.45, 7) is 0. The van der Waals surface area contributed by atoms with Crippen LogP contribution in [0.25, 0.3) is 76.6 Å². The second-order valence-electron chi connectivity index (χ2n) is 9.85. The van der Waals surface area contributed by atoms with E-state index >= 15 is 0 Å². The van der Waals surface area contributed by atoms with E-state index in [0.717, 1.165) is 33.5 Å². The van der Waals surface area contributed by atoms with Gasteiger partial charge in [0.1, 0.15) is 0 Å². The van der Waals surface area contributed by atoms with Gasteiger partial charge in [-0.3, -0.25) is 0 Å². The SMILES string of the molecule is c1ccc2c(c1)ccc1cc(-c3nc4ccccc4nc3-c3ccc4c(ccc5ccccc54)c3)ccc12. The van der Waals surface area contributed by atoms with Crippen LogP contribution in [0.1, 0.15) is 0 Å².